The van der Waals surface area contributed by atoms with Gasteiger partial charge in [-0.05, 0) is 13.3 Å². The molecule has 0 radical (unpaired) electrons. The number of esters is 1. The van der Waals surface area contributed by atoms with Crippen LogP contribution in [0.3, 0.4) is 0 Å². The number of carbonyl (C=O) groups is 1. The van der Waals surface area contributed by atoms with Crippen molar-refractivity contribution in [1.29, 1.82) is 0 Å². The van der Waals surface area contributed by atoms with Gasteiger partial charge in [0, 0.05) is 12.5 Å². The Labute approximate surface area is 130 Å². The molecule has 0 aromatic rings. The van der Waals surface area contributed by atoms with E-state index < -0.39 is 21.0 Å². The van der Waals surface area contributed by atoms with E-state index in [2.05, 4.69) is 11.3 Å². The van der Waals surface area contributed by atoms with Crippen molar-refractivity contribution in [2.75, 3.05) is 13.2 Å². The molecule has 1 unspecified atom stereocenters. The van der Waals surface area contributed by atoms with Gasteiger partial charge in [-0.25, -0.2) is 13.2 Å². The van der Waals surface area contributed by atoms with Gasteiger partial charge in [-0.3, -0.25) is 0 Å². The first kappa shape index (κ1) is 20.4. The topological polar surface area (TPSA) is 92.7 Å². The molecule has 0 heterocycles. The van der Waals surface area contributed by atoms with Crippen molar-refractivity contribution >= 4 is 16.1 Å². The molecule has 0 saturated heterocycles. The Morgan fingerprint density at radius 1 is 1.44 bits per heavy atom. The van der Waals surface area contributed by atoms with Crippen molar-refractivity contribution in [3.8, 4) is 0 Å². The summed E-state index contributed by atoms with van der Waals surface area (Å²) in [6.07, 6.45) is 1.40. The Kier molecular flexibility index (Phi) is 10.3. The molecule has 0 bridgehead atoms. The molecule has 0 amide bonds. The van der Waals surface area contributed by atoms with Crippen LogP contribution in [0.5, 0.6) is 0 Å². The zero-order chi connectivity index (χ0) is 13.5. The van der Waals surface area contributed by atoms with Gasteiger partial charge in [0.05, 0.1) is 13.2 Å². The molecule has 0 rings (SSSR count). The summed E-state index contributed by atoms with van der Waals surface area (Å²) in [5.41, 5.74) is 0. The summed E-state index contributed by atoms with van der Waals surface area (Å²) in [4.78, 5) is 8.93. The van der Waals surface area contributed by atoms with Gasteiger partial charge >= 0.3 is 35.5 Å². The average molecular weight is 288 g/mol. The zero-order valence-corrected chi connectivity index (χ0v) is 13.8. The molecule has 0 spiro atoms. The summed E-state index contributed by atoms with van der Waals surface area (Å²) in [6.45, 7) is 6.10. The number of hydrogen-bond donors (Lipinski definition) is 0. The van der Waals surface area contributed by atoms with E-state index in [1.807, 2.05) is 0 Å². The molecule has 1 atom stereocenters. The maximum atomic E-state index is 10.9. The van der Waals surface area contributed by atoms with Gasteiger partial charge in [-0.15, -0.1) is 0 Å². The van der Waals surface area contributed by atoms with Crippen molar-refractivity contribution < 1.29 is 56.8 Å². The summed E-state index contributed by atoms with van der Waals surface area (Å²) >= 11 is 0. The number of carbonyl (C=O) groups excluding carboxylic acids is 1. The Hall–Kier alpha value is 0.0800. The first-order valence-electron chi connectivity index (χ1n) is 5.15. The summed E-state index contributed by atoms with van der Waals surface area (Å²) in [5.74, 6) is -0.556. The van der Waals surface area contributed by atoms with Crippen molar-refractivity contribution in [3.05, 3.63) is 12.7 Å². The van der Waals surface area contributed by atoms with E-state index in [0.29, 0.717) is 6.42 Å². The van der Waals surface area contributed by atoms with Crippen LogP contribution in [0.25, 0.3) is 0 Å². The molecular formula is C10H17NaO6S. The Morgan fingerprint density at radius 2 is 2.00 bits per heavy atom. The number of ether oxygens (including phenoxy) is 2. The van der Waals surface area contributed by atoms with E-state index in [9.17, 15) is 17.8 Å². The fourth-order valence-electron chi connectivity index (χ4n) is 0.930. The van der Waals surface area contributed by atoms with Crippen molar-refractivity contribution in [2.24, 2.45) is 0 Å². The summed E-state index contributed by atoms with van der Waals surface area (Å²) < 4.78 is 42.5. The van der Waals surface area contributed by atoms with Gasteiger partial charge in [0.25, 0.3) is 0 Å². The molecule has 6 nitrogen and oxygen atoms in total. The van der Waals surface area contributed by atoms with Crippen LogP contribution in [-0.4, -0.2) is 37.1 Å². The maximum absolute atomic E-state index is 10.9. The van der Waals surface area contributed by atoms with Crippen molar-refractivity contribution in [2.45, 2.75) is 31.6 Å². The second kappa shape index (κ2) is 9.06. The van der Waals surface area contributed by atoms with Gasteiger partial charge in [0.15, 0.2) is 4.93 Å². The van der Waals surface area contributed by atoms with Gasteiger partial charge in [0.2, 0.25) is 0 Å². The van der Waals surface area contributed by atoms with E-state index in [1.165, 1.54) is 6.92 Å². The molecule has 100 valence electrons. The minimum atomic E-state index is -4.52. The third kappa shape index (κ3) is 6.86. The van der Waals surface area contributed by atoms with Crippen LogP contribution in [0.15, 0.2) is 12.7 Å². The predicted molar refractivity (Wildman–Crippen MR) is 60.1 cm³/mol. The monoisotopic (exact) mass is 288 g/mol. The smallest absolute Gasteiger partial charge is 0.746 e. The second-order valence-corrected chi connectivity index (χ2v) is 5.29. The molecule has 8 heteroatoms. The molecule has 0 aromatic heterocycles. The fraction of sp³-hybridized carbons (Fsp3) is 0.700. The Morgan fingerprint density at radius 3 is 2.39 bits per heavy atom. The van der Waals surface area contributed by atoms with Crippen molar-refractivity contribution in [1.82, 2.24) is 0 Å². The Balaban J connectivity index is 0. The van der Waals surface area contributed by atoms with Crippen LogP contribution in [0.4, 0.5) is 0 Å². The quantitative estimate of drug-likeness (QED) is 0.165. The number of hydrogen-bond acceptors (Lipinski definition) is 6. The van der Waals surface area contributed by atoms with Gasteiger partial charge < -0.3 is 14.0 Å². The first-order chi connectivity index (χ1) is 7.77. The van der Waals surface area contributed by atoms with Crippen LogP contribution in [0.1, 0.15) is 26.7 Å². The minimum Gasteiger partial charge on any atom is -0.746 e. The third-order valence-corrected chi connectivity index (χ3v) is 3.74. The van der Waals surface area contributed by atoms with Gasteiger partial charge in [-0.2, -0.15) is 0 Å². The zero-order valence-electron chi connectivity index (χ0n) is 11.0. The van der Waals surface area contributed by atoms with Crippen LogP contribution in [0, 0.1) is 0 Å². The molecular weight excluding hydrogens is 271 g/mol. The predicted octanol–water partition coefficient (Wildman–Crippen LogP) is -2.20. The van der Waals surface area contributed by atoms with Crippen LogP contribution in [0.2, 0.25) is 0 Å². The second-order valence-electron chi connectivity index (χ2n) is 3.52. The Bertz CT molecular complexity index is 367. The summed E-state index contributed by atoms with van der Waals surface area (Å²) in [5, 5.41) is 0. The average Bonchev–Trinajstić information content (AvgIpc) is 2.26. The van der Waals surface area contributed by atoms with E-state index >= 15 is 0 Å². The van der Waals surface area contributed by atoms with E-state index in [0.717, 1.165) is 6.08 Å². The summed E-state index contributed by atoms with van der Waals surface area (Å²) in [7, 11) is -4.52. The largest absolute Gasteiger partial charge is 1.00 e. The van der Waals surface area contributed by atoms with E-state index in [-0.39, 0.29) is 49.2 Å². The molecule has 0 N–H and O–H groups in total. The first-order valence-corrected chi connectivity index (χ1v) is 6.56. The van der Waals surface area contributed by atoms with Gasteiger partial charge in [-0.1, -0.05) is 13.5 Å². The molecule has 0 aliphatic rings. The SMILES string of the molecule is C=CC(=O)OCCCOC(C)(CC)S(=O)(=O)[O-].[Na+]. The van der Waals surface area contributed by atoms with Crippen LogP contribution >= 0.6 is 0 Å². The van der Waals surface area contributed by atoms with Crippen LogP contribution < -0.4 is 29.6 Å². The minimum absolute atomic E-state index is 0. The molecule has 0 aromatic carbocycles. The standard InChI is InChI=1S/C10H18O6S.Na/c1-4-9(11)15-7-6-8-16-10(3,5-2)17(12,13)14;/h4H,1,5-8H2,2-3H3,(H,12,13,14);/q;+1/p-1. The number of rotatable bonds is 8. The molecule has 0 saturated carbocycles. The van der Waals surface area contributed by atoms with Gasteiger partial charge in [0.1, 0.15) is 10.1 Å². The normalized spacial score (nSPS) is 14.2. The van der Waals surface area contributed by atoms with Crippen LogP contribution in [-0.2, 0) is 24.4 Å². The molecule has 0 aliphatic carbocycles. The molecule has 0 fully saturated rings. The third-order valence-electron chi connectivity index (χ3n) is 2.28. The van der Waals surface area contributed by atoms with E-state index in [1.54, 1.807) is 6.92 Å². The maximum Gasteiger partial charge on any atom is 1.00 e. The van der Waals surface area contributed by atoms with Crippen molar-refractivity contribution in [3.63, 3.8) is 0 Å². The van der Waals surface area contributed by atoms with E-state index in [4.69, 9.17) is 4.74 Å². The molecule has 18 heavy (non-hydrogen) atoms. The molecule has 0 aliphatic heterocycles. The fourth-order valence-corrected chi connectivity index (χ4v) is 1.51. The summed E-state index contributed by atoms with van der Waals surface area (Å²) in [6, 6.07) is 0.